The maximum Gasteiger partial charge on any atom is 0.328 e. The summed E-state index contributed by atoms with van der Waals surface area (Å²) in [6.45, 7) is 3.09. The third-order valence-electron chi connectivity index (χ3n) is 4.52. The molecule has 2 aromatic carbocycles. The highest BCUT2D eigenvalue weighted by molar-refractivity contribution is 6.07. The van der Waals surface area contributed by atoms with Crippen molar-refractivity contribution < 1.29 is 19.5 Å². The monoisotopic (exact) mass is 340 g/mol. The van der Waals surface area contributed by atoms with Gasteiger partial charge in [0, 0.05) is 18.4 Å². The third kappa shape index (κ3) is 3.20. The van der Waals surface area contributed by atoms with Gasteiger partial charge in [-0.1, -0.05) is 36.4 Å². The summed E-state index contributed by atoms with van der Waals surface area (Å²) in [6.07, 6.45) is 0.0742. The minimum absolute atomic E-state index is 0.0742. The molecule has 2 amide bonds. The fraction of sp³-hybridized carbons (Fsp3) is 0.316. The van der Waals surface area contributed by atoms with E-state index in [2.05, 4.69) is 5.32 Å². The predicted octanol–water partition coefficient (Wildman–Crippen LogP) is 2.17. The maximum atomic E-state index is 12.5. The van der Waals surface area contributed by atoms with Gasteiger partial charge in [-0.25, -0.2) is 4.79 Å². The molecule has 0 aromatic heterocycles. The van der Waals surface area contributed by atoms with Crippen LogP contribution >= 0.6 is 0 Å². The molecule has 1 heterocycles. The minimum atomic E-state index is -1.37. The summed E-state index contributed by atoms with van der Waals surface area (Å²) in [5.41, 5.74) is -0.594. The molecule has 2 aromatic rings. The summed E-state index contributed by atoms with van der Waals surface area (Å²) in [5.74, 6) is -2.23. The number of nitrogens with zero attached hydrogens (tertiary/aromatic N) is 1. The van der Waals surface area contributed by atoms with Gasteiger partial charge < -0.3 is 15.3 Å². The summed E-state index contributed by atoms with van der Waals surface area (Å²) in [7, 11) is 0. The van der Waals surface area contributed by atoms with Crippen molar-refractivity contribution in [3.8, 4) is 0 Å². The van der Waals surface area contributed by atoms with Gasteiger partial charge in [0.1, 0.15) is 5.54 Å². The van der Waals surface area contributed by atoms with Crippen LogP contribution in [0.2, 0.25) is 0 Å². The summed E-state index contributed by atoms with van der Waals surface area (Å²) < 4.78 is 0. The molecule has 25 heavy (non-hydrogen) atoms. The largest absolute Gasteiger partial charge is 0.480 e. The number of rotatable bonds is 4. The van der Waals surface area contributed by atoms with Crippen molar-refractivity contribution in [3.05, 3.63) is 42.5 Å². The minimum Gasteiger partial charge on any atom is -0.480 e. The van der Waals surface area contributed by atoms with E-state index in [1.165, 1.54) is 13.8 Å². The molecule has 130 valence electrons. The van der Waals surface area contributed by atoms with Crippen LogP contribution < -0.4 is 10.2 Å². The van der Waals surface area contributed by atoms with E-state index in [0.717, 1.165) is 16.5 Å². The molecule has 0 spiro atoms. The van der Waals surface area contributed by atoms with Gasteiger partial charge in [0.2, 0.25) is 11.8 Å². The van der Waals surface area contributed by atoms with E-state index in [-0.39, 0.29) is 18.9 Å². The van der Waals surface area contributed by atoms with Crippen LogP contribution in [0.15, 0.2) is 42.5 Å². The maximum absolute atomic E-state index is 12.5. The summed E-state index contributed by atoms with van der Waals surface area (Å²) >= 11 is 0. The number of carboxylic acids is 1. The van der Waals surface area contributed by atoms with E-state index in [0.29, 0.717) is 0 Å². The molecule has 1 aliphatic heterocycles. The van der Waals surface area contributed by atoms with Gasteiger partial charge >= 0.3 is 5.97 Å². The first-order chi connectivity index (χ1) is 11.8. The van der Waals surface area contributed by atoms with E-state index in [4.69, 9.17) is 5.11 Å². The lowest BCUT2D eigenvalue weighted by Gasteiger charge is -2.23. The highest BCUT2D eigenvalue weighted by Gasteiger charge is 2.39. The van der Waals surface area contributed by atoms with Crippen molar-refractivity contribution in [1.82, 2.24) is 5.32 Å². The highest BCUT2D eigenvalue weighted by Crippen LogP contribution is 2.31. The molecule has 3 rings (SSSR count). The number of hydrogen-bond acceptors (Lipinski definition) is 3. The molecule has 2 N–H and O–H groups in total. The lowest BCUT2D eigenvalue weighted by Crippen LogP contribution is -2.51. The Morgan fingerprint density at radius 3 is 2.56 bits per heavy atom. The first-order valence-corrected chi connectivity index (χ1v) is 8.13. The molecular formula is C19H20N2O4. The number of anilines is 1. The normalized spacial score (nSPS) is 17.8. The van der Waals surface area contributed by atoms with Crippen LogP contribution in [0, 0.1) is 5.92 Å². The molecule has 0 bridgehead atoms. The van der Waals surface area contributed by atoms with Gasteiger partial charge in [0.15, 0.2) is 0 Å². The van der Waals surface area contributed by atoms with Crippen LogP contribution in [0.1, 0.15) is 20.3 Å². The molecule has 1 atom stereocenters. The second-order valence-corrected chi connectivity index (χ2v) is 6.82. The van der Waals surface area contributed by atoms with Crippen LogP contribution in [0.25, 0.3) is 10.8 Å². The summed E-state index contributed by atoms with van der Waals surface area (Å²) in [5, 5.41) is 13.6. The van der Waals surface area contributed by atoms with Gasteiger partial charge in [-0.3, -0.25) is 9.59 Å². The number of carboxylic acid groups (broad SMARTS) is 1. The second kappa shape index (κ2) is 6.20. The van der Waals surface area contributed by atoms with E-state index in [1.807, 2.05) is 42.5 Å². The Labute approximate surface area is 145 Å². The highest BCUT2D eigenvalue weighted by atomic mass is 16.4. The van der Waals surface area contributed by atoms with Crippen LogP contribution in [0.4, 0.5) is 5.69 Å². The van der Waals surface area contributed by atoms with Crippen molar-refractivity contribution in [2.75, 3.05) is 11.4 Å². The molecule has 0 radical (unpaired) electrons. The first-order valence-electron chi connectivity index (χ1n) is 8.13. The van der Waals surface area contributed by atoms with Crippen molar-refractivity contribution in [3.63, 3.8) is 0 Å². The van der Waals surface area contributed by atoms with Crippen molar-refractivity contribution in [2.24, 2.45) is 5.92 Å². The lowest BCUT2D eigenvalue weighted by atomic mass is 10.0. The van der Waals surface area contributed by atoms with Gasteiger partial charge in [-0.15, -0.1) is 0 Å². The SMILES string of the molecule is CC(C)(NC(=O)C1CC(=O)N(c2cccc3ccccc23)C1)C(=O)O. The average Bonchev–Trinajstić information content (AvgIpc) is 2.95. The Morgan fingerprint density at radius 2 is 1.84 bits per heavy atom. The molecule has 1 saturated heterocycles. The number of carbonyl (C=O) groups is 3. The van der Waals surface area contributed by atoms with Gasteiger partial charge in [-0.2, -0.15) is 0 Å². The van der Waals surface area contributed by atoms with Crippen LogP contribution in [-0.2, 0) is 14.4 Å². The number of carbonyl (C=O) groups excluding carboxylic acids is 2. The number of fused-ring (bicyclic) bond motifs is 1. The smallest absolute Gasteiger partial charge is 0.328 e. The van der Waals surface area contributed by atoms with E-state index in [9.17, 15) is 14.4 Å². The molecular weight excluding hydrogens is 320 g/mol. The standard InChI is InChI=1S/C19H20N2O4/c1-19(2,18(24)25)20-17(23)13-10-16(22)21(11-13)15-9-5-7-12-6-3-4-8-14(12)15/h3-9,13H,10-11H2,1-2H3,(H,20,23)(H,24,25). The van der Waals surface area contributed by atoms with Gasteiger partial charge in [0.25, 0.3) is 0 Å². The quantitative estimate of drug-likeness (QED) is 0.893. The van der Waals surface area contributed by atoms with Gasteiger partial charge in [-0.05, 0) is 25.3 Å². The molecule has 0 saturated carbocycles. The van der Waals surface area contributed by atoms with Crippen LogP contribution in [-0.4, -0.2) is 35.0 Å². The summed E-state index contributed by atoms with van der Waals surface area (Å²) in [6, 6.07) is 13.5. The molecule has 1 fully saturated rings. The molecule has 1 aliphatic rings. The van der Waals surface area contributed by atoms with Crippen molar-refractivity contribution in [1.29, 1.82) is 0 Å². The van der Waals surface area contributed by atoms with E-state index in [1.54, 1.807) is 4.90 Å². The number of hydrogen-bond donors (Lipinski definition) is 2. The average molecular weight is 340 g/mol. The van der Waals surface area contributed by atoms with Crippen molar-refractivity contribution >= 4 is 34.2 Å². The Kier molecular flexibility index (Phi) is 4.20. The topological polar surface area (TPSA) is 86.7 Å². The fourth-order valence-corrected chi connectivity index (χ4v) is 3.02. The van der Waals surface area contributed by atoms with E-state index < -0.39 is 23.3 Å². The lowest BCUT2D eigenvalue weighted by molar-refractivity contribution is -0.146. The van der Waals surface area contributed by atoms with E-state index >= 15 is 0 Å². The first kappa shape index (κ1) is 17.0. The van der Waals surface area contributed by atoms with Crippen LogP contribution in [0.3, 0.4) is 0 Å². The van der Waals surface area contributed by atoms with Crippen LogP contribution in [0.5, 0.6) is 0 Å². The van der Waals surface area contributed by atoms with Gasteiger partial charge in [0.05, 0.1) is 11.6 Å². The fourth-order valence-electron chi connectivity index (χ4n) is 3.02. The Morgan fingerprint density at radius 1 is 1.16 bits per heavy atom. The zero-order valence-corrected chi connectivity index (χ0v) is 14.2. The molecule has 0 aliphatic carbocycles. The Balaban J connectivity index is 1.83. The zero-order valence-electron chi connectivity index (χ0n) is 14.2. The zero-order chi connectivity index (χ0) is 18.2. The number of aliphatic carboxylic acids is 1. The third-order valence-corrected chi connectivity index (χ3v) is 4.52. The second-order valence-electron chi connectivity index (χ2n) is 6.82. The summed E-state index contributed by atoms with van der Waals surface area (Å²) in [4.78, 5) is 37.6. The number of benzene rings is 2. The molecule has 1 unspecified atom stereocenters. The Hall–Kier alpha value is -2.89. The number of amides is 2. The molecule has 6 heteroatoms. The molecule has 6 nitrogen and oxygen atoms in total. The Bertz CT molecular complexity index is 854. The predicted molar refractivity (Wildman–Crippen MR) is 94.3 cm³/mol. The van der Waals surface area contributed by atoms with Crippen molar-refractivity contribution in [2.45, 2.75) is 25.8 Å². The number of nitrogens with one attached hydrogen (secondary N) is 1.